The van der Waals surface area contributed by atoms with Crippen molar-refractivity contribution in [1.82, 2.24) is 0 Å². The van der Waals surface area contributed by atoms with Crippen molar-refractivity contribution >= 4 is 12.0 Å². The highest BCUT2D eigenvalue weighted by atomic mass is 16.7. The van der Waals surface area contributed by atoms with Crippen LogP contribution in [-0.4, -0.2) is 30.6 Å². The lowest BCUT2D eigenvalue weighted by molar-refractivity contribution is -0.140. The number of ether oxygens (including phenoxy) is 4. The first-order valence-corrected chi connectivity index (χ1v) is 9.60. The van der Waals surface area contributed by atoms with E-state index in [0.29, 0.717) is 17.9 Å². The topological polar surface area (TPSA) is 74.2 Å². The molecule has 2 aromatic carbocycles. The van der Waals surface area contributed by atoms with E-state index in [4.69, 9.17) is 18.9 Å². The molecule has 0 aliphatic carbocycles. The summed E-state index contributed by atoms with van der Waals surface area (Å²) in [5.41, 5.74) is 0.283. The Bertz CT molecular complexity index is 946. The molecule has 2 aliphatic heterocycles. The second-order valence-electron chi connectivity index (χ2n) is 7.63. The SMILES string of the molecule is COc1ccc(/C=C2\OC(=O)[C@H](Cc3ccc4c(c3)OCO4)[C@@]2(O)C(C)C)cc1. The summed E-state index contributed by atoms with van der Waals surface area (Å²) in [6.45, 7) is 3.96. The first-order valence-electron chi connectivity index (χ1n) is 9.60. The highest BCUT2D eigenvalue weighted by molar-refractivity contribution is 5.82. The van der Waals surface area contributed by atoms with E-state index in [1.807, 2.05) is 56.3 Å². The Balaban J connectivity index is 1.65. The standard InChI is InChI=1S/C23H24O6/c1-14(2)23(25)18(10-16-6-9-19-20(11-16)28-13-27-19)22(24)29-21(23)12-15-4-7-17(26-3)8-5-15/h4-9,11-12,14,18,25H,10,13H2,1-3H3/b21-12-/t18-,23-/m0/s1. The van der Waals surface area contributed by atoms with Crippen molar-refractivity contribution in [2.75, 3.05) is 13.9 Å². The van der Waals surface area contributed by atoms with Gasteiger partial charge in [0, 0.05) is 0 Å². The van der Waals surface area contributed by atoms with Crippen molar-refractivity contribution in [3.05, 3.63) is 59.4 Å². The van der Waals surface area contributed by atoms with Gasteiger partial charge < -0.3 is 24.1 Å². The Hall–Kier alpha value is -2.99. The normalized spacial score (nSPS) is 24.2. The summed E-state index contributed by atoms with van der Waals surface area (Å²) in [4.78, 5) is 12.7. The molecule has 2 heterocycles. The van der Waals surface area contributed by atoms with Gasteiger partial charge in [-0.05, 0) is 53.8 Å². The molecule has 29 heavy (non-hydrogen) atoms. The maximum Gasteiger partial charge on any atom is 0.317 e. The molecule has 4 rings (SSSR count). The van der Waals surface area contributed by atoms with Crippen LogP contribution in [0.1, 0.15) is 25.0 Å². The lowest BCUT2D eigenvalue weighted by Crippen LogP contribution is -2.43. The zero-order valence-electron chi connectivity index (χ0n) is 16.7. The highest BCUT2D eigenvalue weighted by Crippen LogP contribution is 2.44. The minimum atomic E-state index is -1.41. The molecule has 1 N–H and O–H groups in total. The van der Waals surface area contributed by atoms with Crippen LogP contribution in [-0.2, 0) is 16.0 Å². The van der Waals surface area contributed by atoms with Gasteiger partial charge in [0.15, 0.2) is 11.5 Å². The predicted octanol–water partition coefficient (Wildman–Crippen LogP) is 3.57. The summed E-state index contributed by atoms with van der Waals surface area (Å²) in [5.74, 6) is 0.963. The van der Waals surface area contributed by atoms with Crippen LogP contribution in [0.2, 0.25) is 0 Å². The largest absolute Gasteiger partial charge is 0.497 e. The summed E-state index contributed by atoms with van der Waals surface area (Å²) < 4.78 is 21.5. The van der Waals surface area contributed by atoms with Crippen molar-refractivity contribution < 1.29 is 28.8 Å². The average Bonchev–Trinajstić information content (AvgIpc) is 3.27. The Morgan fingerprint density at radius 1 is 1.17 bits per heavy atom. The van der Waals surface area contributed by atoms with Crippen molar-refractivity contribution in [1.29, 1.82) is 0 Å². The summed E-state index contributed by atoms with van der Waals surface area (Å²) in [7, 11) is 1.60. The van der Waals surface area contributed by atoms with E-state index in [-0.39, 0.29) is 18.5 Å². The van der Waals surface area contributed by atoms with Gasteiger partial charge in [-0.3, -0.25) is 4.79 Å². The third kappa shape index (κ3) is 3.44. The minimum absolute atomic E-state index is 0.189. The molecular weight excluding hydrogens is 372 g/mol. The summed E-state index contributed by atoms with van der Waals surface area (Å²) in [5, 5.41) is 11.6. The molecule has 6 heteroatoms. The van der Waals surface area contributed by atoms with Gasteiger partial charge in [0.1, 0.15) is 17.1 Å². The number of fused-ring (bicyclic) bond motifs is 1. The Morgan fingerprint density at radius 2 is 1.90 bits per heavy atom. The van der Waals surface area contributed by atoms with Gasteiger partial charge in [-0.25, -0.2) is 0 Å². The van der Waals surface area contributed by atoms with Crippen molar-refractivity contribution in [3.8, 4) is 17.2 Å². The number of benzene rings is 2. The van der Waals surface area contributed by atoms with Gasteiger partial charge in [-0.2, -0.15) is 0 Å². The van der Waals surface area contributed by atoms with Crippen molar-refractivity contribution in [2.24, 2.45) is 11.8 Å². The van der Waals surface area contributed by atoms with E-state index in [0.717, 1.165) is 16.9 Å². The molecule has 2 aromatic rings. The first-order chi connectivity index (χ1) is 13.9. The molecule has 0 aromatic heterocycles. The lowest BCUT2D eigenvalue weighted by atomic mass is 9.75. The molecule has 0 spiro atoms. The van der Waals surface area contributed by atoms with Crippen LogP contribution < -0.4 is 14.2 Å². The lowest BCUT2D eigenvalue weighted by Gasteiger charge is -2.31. The molecule has 0 bridgehead atoms. The summed E-state index contributed by atoms with van der Waals surface area (Å²) in [6.07, 6.45) is 2.06. The number of aliphatic hydroxyl groups is 1. The average molecular weight is 396 g/mol. The molecule has 2 aliphatic rings. The van der Waals surface area contributed by atoms with Crippen LogP contribution in [0.15, 0.2) is 48.2 Å². The van der Waals surface area contributed by atoms with Crippen molar-refractivity contribution in [2.45, 2.75) is 25.9 Å². The van der Waals surface area contributed by atoms with E-state index in [2.05, 4.69) is 0 Å². The molecule has 6 nitrogen and oxygen atoms in total. The predicted molar refractivity (Wildman–Crippen MR) is 107 cm³/mol. The number of carbonyl (C=O) groups is 1. The molecule has 0 saturated carbocycles. The van der Waals surface area contributed by atoms with E-state index in [1.54, 1.807) is 13.2 Å². The molecule has 2 atom stereocenters. The maximum atomic E-state index is 12.7. The van der Waals surface area contributed by atoms with Crippen LogP contribution in [0, 0.1) is 11.8 Å². The quantitative estimate of drug-likeness (QED) is 0.779. The Labute approximate surface area is 169 Å². The zero-order valence-corrected chi connectivity index (χ0v) is 16.7. The highest BCUT2D eigenvalue weighted by Gasteiger charge is 2.55. The molecule has 1 fully saturated rings. The Morgan fingerprint density at radius 3 is 2.59 bits per heavy atom. The Kier molecular flexibility index (Phi) is 4.96. The molecule has 0 amide bonds. The first kappa shape index (κ1) is 19.3. The number of rotatable bonds is 5. The summed E-state index contributed by atoms with van der Waals surface area (Å²) in [6, 6.07) is 12.9. The number of cyclic esters (lactones) is 1. The van der Waals surface area contributed by atoms with Crippen LogP contribution in [0.3, 0.4) is 0 Å². The third-order valence-corrected chi connectivity index (χ3v) is 5.59. The number of carbonyl (C=O) groups excluding carboxylic acids is 1. The number of methoxy groups -OCH3 is 1. The van der Waals surface area contributed by atoms with Gasteiger partial charge in [0.25, 0.3) is 0 Å². The fraction of sp³-hybridized carbons (Fsp3) is 0.348. The van der Waals surface area contributed by atoms with E-state index < -0.39 is 17.5 Å². The van der Waals surface area contributed by atoms with Gasteiger partial charge >= 0.3 is 5.97 Å². The fourth-order valence-corrected chi connectivity index (χ4v) is 3.84. The number of hydrogen-bond donors (Lipinski definition) is 1. The second kappa shape index (κ2) is 7.44. The van der Waals surface area contributed by atoms with E-state index in [9.17, 15) is 9.90 Å². The minimum Gasteiger partial charge on any atom is -0.497 e. The van der Waals surface area contributed by atoms with Gasteiger partial charge in [0.05, 0.1) is 13.0 Å². The van der Waals surface area contributed by atoms with Crippen LogP contribution in [0.5, 0.6) is 17.2 Å². The molecular formula is C23H24O6. The molecule has 152 valence electrons. The third-order valence-electron chi connectivity index (χ3n) is 5.59. The van der Waals surface area contributed by atoms with E-state index >= 15 is 0 Å². The number of hydrogen-bond acceptors (Lipinski definition) is 6. The summed E-state index contributed by atoms with van der Waals surface area (Å²) >= 11 is 0. The number of esters is 1. The van der Waals surface area contributed by atoms with Gasteiger partial charge in [-0.1, -0.05) is 32.0 Å². The molecule has 0 unspecified atom stereocenters. The zero-order chi connectivity index (χ0) is 20.6. The maximum absolute atomic E-state index is 12.7. The van der Waals surface area contributed by atoms with Crippen LogP contribution >= 0.6 is 0 Å². The van der Waals surface area contributed by atoms with Gasteiger partial charge in [0.2, 0.25) is 6.79 Å². The van der Waals surface area contributed by atoms with Crippen LogP contribution in [0.4, 0.5) is 0 Å². The van der Waals surface area contributed by atoms with E-state index in [1.165, 1.54) is 0 Å². The second-order valence-corrected chi connectivity index (χ2v) is 7.63. The fourth-order valence-electron chi connectivity index (χ4n) is 3.84. The molecule has 0 radical (unpaired) electrons. The van der Waals surface area contributed by atoms with Gasteiger partial charge in [-0.15, -0.1) is 0 Å². The van der Waals surface area contributed by atoms with Crippen molar-refractivity contribution in [3.63, 3.8) is 0 Å². The monoisotopic (exact) mass is 396 g/mol. The van der Waals surface area contributed by atoms with Crippen LogP contribution in [0.25, 0.3) is 6.08 Å². The molecule has 1 saturated heterocycles. The smallest absolute Gasteiger partial charge is 0.317 e.